The lowest BCUT2D eigenvalue weighted by Crippen LogP contribution is -2.19. The van der Waals surface area contributed by atoms with Crippen LogP contribution in [-0.4, -0.2) is 6.03 Å². The Morgan fingerprint density at radius 2 is 1.25 bits per heavy atom. The Labute approximate surface area is 129 Å². The van der Waals surface area contributed by atoms with E-state index in [1.165, 1.54) is 18.2 Å². The van der Waals surface area contributed by atoms with Crippen LogP contribution in [0.5, 0.6) is 0 Å². The van der Waals surface area contributed by atoms with Gasteiger partial charge < -0.3 is 10.6 Å². The molecule has 0 heterocycles. The van der Waals surface area contributed by atoms with Crippen molar-refractivity contribution in [3.8, 4) is 0 Å². The molecular formula is C13H8Cl3FN2O. The van der Waals surface area contributed by atoms with Crippen molar-refractivity contribution in [2.24, 2.45) is 0 Å². The van der Waals surface area contributed by atoms with Crippen molar-refractivity contribution < 1.29 is 9.18 Å². The van der Waals surface area contributed by atoms with Gasteiger partial charge in [-0.15, -0.1) is 0 Å². The molecule has 0 aliphatic carbocycles. The van der Waals surface area contributed by atoms with Crippen molar-refractivity contribution in [3.05, 3.63) is 57.3 Å². The molecule has 2 aromatic rings. The van der Waals surface area contributed by atoms with E-state index in [0.29, 0.717) is 15.7 Å². The van der Waals surface area contributed by atoms with Crippen molar-refractivity contribution in [3.63, 3.8) is 0 Å². The van der Waals surface area contributed by atoms with Crippen LogP contribution < -0.4 is 10.6 Å². The normalized spacial score (nSPS) is 10.2. The number of benzene rings is 2. The zero-order chi connectivity index (χ0) is 14.7. The number of carbonyl (C=O) groups excluding carboxylic acids is 1. The summed E-state index contributed by atoms with van der Waals surface area (Å²) >= 11 is 17.3. The summed E-state index contributed by atoms with van der Waals surface area (Å²) in [5.41, 5.74) is 0.656. The highest BCUT2D eigenvalue weighted by Crippen LogP contribution is 2.23. The predicted octanol–water partition coefficient (Wildman–Crippen LogP) is 5.43. The second-order valence-corrected chi connectivity index (χ2v) is 5.20. The quantitative estimate of drug-likeness (QED) is 0.756. The molecule has 0 fully saturated rings. The van der Waals surface area contributed by atoms with Gasteiger partial charge in [-0.2, -0.15) is 0 Å². The molecule has 3 nitrogen and oxygen atoms in total. The van der Waals surface area contributed by atoms with E-state index in [9.17, 15) is 9.18 Å². The number of halogens is 4. The molecule has 0 bridgehead atoms. The van der Waals surface area contributed by atoms with Crippen LogP contribution in [0.4, 0.5) is 20.6 Å². The standard InChI is InChI=1S/C13H8Cl3FN2O/c14-7-1-8(15)4-11(3-7)18-13(20)19-12-5-9(16)2-10(17)6-12/h1-6H,(H2,18,19,20). The minimum Gasteiger partial charge on any atom is -0.308 e. The summed E-state index contributed by atoms with van der Waals surface area (Å²) in [6.45, 7) is 0. The van der Waals surface area contributed by atoms with Crippen LogP contribution in [0.25, 0.3) is 0 Å². The molecule has 20 heavy (non-hydrogen) atoms. The number of carbonyl (C=O) groups is 1. The summed E-state index contributed by atoms with van der Waals surface area (Å²) in [7, 11) is 0. The number of hydrogen-bond donors (Lipinski definition) is 2. The molecule has 2 N–H and O–H groups in total. The Morgan fingerprint density at radius 1 is 0.800 bits per heavy atom. The molecule has 0 radical (unpaired) electrons. The van der Waals surface area contributed by atoms with Crippen LogP contribution in [0.1, 0.15) is 0 Å². The van der Waals surface area contributed by atoms with Gasteiger partial charge in [0.05, 0.1) is 0 Å². The van der Waals surface area contributed by atoms with E-state index in [2.05, 4.69) is 10.6 Å². The van der Waals surface area contributed by atoms with E-state index in [4.69, 9.17) is 34.8 Å². The molecule has 0 aromatic heterocycles. The molecule has 2 aromatic carbocycles. The molecule has 7 heteroatoms. The zero-order valence-electron chi connectivity index (χ0n) is 9.88. The molecule has 0 spiro atoms. The maximum Gasteiger partial charge on any atom is 0.323 e. The van der Waals surface area contributed by atoms with Gasteiger partial charge in [0.2, 0.25) is 0 Å². The smallest absolute Gasteiger partial charge is 0.308 e. The van der Waals surface area contributed by atoms with Gasteiger partial charge in [0, 0.05) is 26.4 Å². The fourth-order valence-electron chi connectivity index (χ4n) is 1.55. The number of urea groups is 1. The zero-order valence-corrected chi connectivity index (χ0v) is 12.2. The third kappa shape index (κ3) is 4.27. The van der Waals surface area contributed by atoms with Crippen LogP contribution in [0, 0.1) is 5.82 Å². The Bertz CT molecular complexity index is 568. The monoisotopic (exact) mass is 332 g/mol. The van der Waals surface area contributed by atoms with Crippen molar-refractivity contribution in [2.75, 3.05) is 10.6 Å². The SMILES string of the molecule is O=C(Nc1cc(F)cc(Cl)c1)Nc1cc(Cl)cc(Cl)c1. The molecule has 2 amide bonds. The molecular weight excluding hydrogens is 326 g/mol. The van der Waals surface area contributed by atoms with E-state index >= 15 is 0 Å². The molecule has 0 saturated heterocycles. The van der Waals surface area contributed by atoms with E-state index in [1.807, 2.05) is 0 Å². The second kappa shape index (κ2) is 6.31. The number of anilines is 2. The number of hydrogen-bond acceptors (Lipinski definition) is 1. The number of amides is 2. The molecule has 0 saturated carbocycles. The van der Waals surface area contributed by atoms with E-state index in [-0.39, 0.29) is 10.7 Å². The fraction of sp³-hybridized carbons (Fsp3) is 0. The Hall–Kier alpha value is -1.49. The predicted molar refractivity (Wildman–Crippen MR) is 80.5 cm³/mol. The van der Waals surface area contributed by atoms with Crippen molar-refractivity contribution in [1.82, 2.24) is 0 Å². The molecule has 0 aliphatic rings. The summed E-state index contributed by atoms with van der Waals surface area (Å²) in [5.74, 6) is -0.543. The lowest BCUT2D eigenvalue weighted by Gasteiger charge is -2.09. The van der Waals surface area contributed by atoms with Crippen LogP contribution in [0.2, 0.25) is 15.1 Å². The van der Waals surface area contributed by atoms with Gasteiger partial charge in [0.15, 0.2) is 0 Å². The van der Waals surface area contributed by atoms with Crippen molar-refractivity contribution in [1.29, 1.82) is 0 Å². The second-order valence-electron chi connectivity index (χ2n) is 3.90. The lowest BCUT2D eigenvalue weighted by atomic mass is 10.3. The van der Waals surface area contributed by atoms with Gasteiger partial charge in [-0.1, -0.05) is 34.8 Å². The average Bonchev–Trinajstić information content (AvgIpc) is 2.24. The number of rotatable bonds is 2. The molecule has 0 unspecified atom stereocenters. The Kier molecular flexibility index (Phi) is 4.70. The van der Waals surface area contributed by atoms with Crippen LogP contribution >= 0.6 is 34.8 Å². The third-order valence-corrected chi connectivity index (χ3v) is 2.90. The summed E-state index contributed by atoms with van der Waals surface area (Å²) in [4.78, 5) is 11.8. The topological polar surface area (TPSA) is 41.1 Å². The minimum absolute atomic E-state index is 0.186. The van der Waals surface area contributed by atoms with Gasteiger partial charge in [-0.25, -0.2) is 9.18 Å². The maximum atomic E-state index is 13.1. The van der Waals surface area contributed by atoms with Crippen LogP contribution in [0.15, 0.2) is 36.4 Å². The number of nitrogens with one attached hydrogen (secondary N) is 2. The highest BCUT2D eigenvalue weighted by Gasteiger charge is 2.06. The minimum atomic E-state index is -0.565. The first-order valence-electron chi connectivity index (χ1n) is 5.42. The largest absolute Gasteiger partial charge is 0.323 e. The average molecular weight is 334 g/mol. The third-order valence-electron chi connectivity index (χ3n) is 2.24. The maximum absolute atomic E-state index is 13.1. The van der Waals surface area contributed by atoms with Gasteiger partial charge in [0.1, 0.15) is 5.82 Å². The first kappa shape index (κ1) is 14.9. The fourth-order valence-corrected chi connectivity index (χ4v) is 2.29. The highest BCUT2D eigenvalue weighted by molar-refractivity contribution is 6.35. The first-order valence-corrected chi connectivity index (χ1v) is 6.56. The molecule has 2 rings (SSSR count). The van der Waals surface area contributed by atoms with Gasteiger partial charge >= 0.3 is 6.03 Å². The van der Waals surface area contributed by atoms with Crippen molar-refractivity contribution in [2.45, 2.75) is 0 Å². The van der Waals surface area contributed by atoms with Gasteiger partial charge in [-0.05, 0) is 36.4 Å². The summed E-state index contributed by atoms with van der Waals surface area (Å²) in [6.07, 6.45) is 0. The first-order chi connectivity index (χ1) is 9.42. The van der Waals surface area contributed by atoms with Crippen LogP contribution in [0.3, 0.4) is 0 Å². The van der Waals surface area contributed by atoms with E-state index in [0.717, 1.165) is 12.1 Å². The van der Waals surface area contributed by atoms with Crippen LogP contribution in [-0.2, 0) is 0 Å². The van der Waals surface area contributed by atoms with Gasteiger partial charge in [-0.3, -0.25) is 0 Å². The molecule has 0 atom stereocenters. The Morgan fingerprint density at radius 3 is 1.75 bits per heavy atom. The summed E-state index contributed by atoms with van der Waals surface area (Å²) in [5, 5.41) is 5.94. The van der Waals surface area contributed by atoms with Gasteiger partial charge in [0.25, 0.3) is 0 Å². The summed E-state index contributed by atoms with van der Waals surface area (Å²) < 4.78 is 13.1. The molecule has 104 valence electrons. The van der Waals surface area contributed by atoms with Crippen molar-refractivity contribution >= 4 is 52.2 Å². The summed E-state index contributed by atoms with van der Waals surface area (Å²) in [6, 6.07) is 7.76. The lowest BCUT2D eigenvalue weighted by molar-refractivity contribution is 0.262. The van der Waals surface area contributed by atoms with E-state index < -0.39 is 11.8 Å². The van der Waals surface area contributed by atoms with E-state index in [1.54, 1.807) is 6.07 Å². The molecule has 0 aliphatic heterocycles. The Balaban J connectivity index is 2.08. The highest BCUT2D eigenvalue weighted by atomic mass is 35.5.